The molecule has 0 aromatic carbocycles. The molecule has 0 aliphatic rings. The molecule has 0 amide bonds. The molecule has 48 valence electrons. The summed E-state index contributed by atoms with van der Waals surface area (Å²) < 4.78 is 24.6. The lowest BCUT2D eigenvalue weighted by Crippen LogP contribution is -1.94. The van der Waals surface area contributed by atoms with E-state index in [2.05, 4.69) is 17.5 Å². The standard InChI is InChI=1S/C5H4F2N2/c1-9-3-8-2-4(9)5(6)7/h5H,1H3. The molecule has 0 aliphatic carbocycles. The van der Waals surface area contributed by atoms with Gasteiger partial charge in [-0.25, -0.2) is 13.8 Å². The number of hydrogen-bond donors (Lipinski definition) is 0. The van der Waals surface area contributed by atoms with E-state index in [0.717, 1.165) is 4.57 Å². The second kappa shape index (κ2) is 2.13. The van der Waals surface area contributed by atoms with Crippen molar-refractivity contribution in [2.75, 3.05) is 0 Å². The molecule has 0 saturated carbocycles. The van der Waals surface area contributed by atoms with Crippen molar-refractivity contribution in [3.63, 3.8) is 0 Å². The van der Waals surface area contributed by atoms with Gasteiger partial charge in [0.1, 0.15) is 11.9 Å². The highest BCUT2D eigenvalue weighted by Gasteiger charge is 2.10. The third kappa shape index (κ3) is 1.06. The molecule has 1 heterocycles. The molecule has 1 aromatic heterocycles. The second-order valence-electron chi connectivity index (χ2n) is 1.57. The van der Waals surface area contributed by atoms with Crippen LogP contribution in [0.15, 0.2) is 0 Å². The van der Waals surface area contributed by atoms with Gasteiger partial charge in [-0.15, -0.1) is 0 Å². The van der Waals surface area contributed by atoms with E-state index in [1.807, 2.05) is 0 Å². The van der Waals surface area contributed by atoms with Crippen molar-refractivity contribution >= 4 is 0 Å². The molecular formula is C5H4F2N2. The second-order valence-corrected chi connectivity index (χ2v) is 1.57. The third-order valence-electron chi connectivity index (χ3n) is 0.939. The van der Waals surface area contributed by atoms with E-state index in [4.69, 9.17) is 0 Å². The van der Waals surface area contributed by atoms with E-state index in [-0.39, 0.29) is 5.69 Å². The number of rotatable bonds is 1. The average molecular weight is 130 g/mol. The van der Waals surface area contributed by atoms with Gasteiger partial charge in [0.05, 0.1) is 0 Å². The molecular weight excluding hydrogens is 126 g/mol. The van der Waals surface area contributed by atoms with Gasteiger partial charge in [0.2, 0.25) is 0 Å². The SMILES string of the molecule is Cn1[c]n[c]c1C(F)F. The summed E-state index contributed by atoms with van der Waals surface area (Å²) in [6.45, 7) is 0. The Hall–Kier alpha value is -0.930. The molecule has 1 aromatic rings. The van der Waals surface area contributed by atoms with Crippen LogP contribution in [-0.4, -0.2) is 9.55 Å². The summed E-state index contributed by atoms with van der Waals surface area (Å²) in [5, 5.41) is 0. The number of nitrogens with zero attached hydrogens (tertiary/aromatic N) is 2. The molecule has 0 atom stereocenters. The van der Waals surface area contributed by atoms with Gasteiger partial charge in [-0.3, -0.25) is 0 Å². The lowest BCUT2D eigenvalue weighted by atomic mass is 10.5. The highest BCUT2D eigenvalue weighted by atomic mass is 19.3. The maximum absolute atomic E-state index is 11.7. The number of imidazole rings is 1. The average Bonchev–Trinajstić information content (AvgIpc) is 2.13. The zero-order chi connectivity index (χ0) is 6.85. The molecule has 0 bridgehead atoms. The molecule has 1 rings (SSSR count). The number of aryl methyl sites for hydroxylation is 1. The Balaban J connectivity index is 2.94. The van der Waals surface area contributed by atoms with Crippen LogP contribution in [0, 0.1) is 12.5 Å². The van der Waals surface area contributed by atoms with Crippen molar-refractivity contribution in [3.8, 4) is 0 Å². The first-order valence-corrected chi connectivity index (χ1v) is 2.32. The van der Waals surface area contributed by atoms with Crippen LogP contribution in [0.2, 0.25) is 0 Å². The quantitative estimate of drug-likeness (QED) is 0.553. The fourth-order valence-electron chi connectivity index (χ4n) is 0.481. The Labute approximate surface area is 51.1 Å². The van der Waals surface area contributed by atoms with Gasteiger partial charge >= 0.3 is 0 Å². The minimum atomic E-state index is -2.51. The van der Waals surface area contributed by atoms with Crippen LogP contribution in [0.25, 0.3) is 0 Å². The summed E-state index contributed by atoms with van der Waals surface area (Å²) >= 11 is 0. The van der Waals surface area contributed by atoms with Crippen LogP contribution in [0.5, 0.6) is 0 Å². The van der Waals surface area contributed by atoms with Crippen molar-refractivity contribution < 1.29 is 8.78 Å². The van der Waals surface area contributed by atoms with Crippen molar-refractivity contribution in [2.24, 2.45) is 7.05 Å². The van der Waals surface area contributed by atoms with Crippen LogP contribution < -0.4 is 0 Å². The highest BCUT2D eigenvalue weighted by Crippen LogP contribution is 2.15. The molecule has 0 spiro atoms. The highest BCUT2D eigenvalue weighted by molar-refractivity contribution is 4.95. The van der Waals surface area contributed by atoms with Gasteiger partial charge in [0.25, 0.3) is 6.43 Å². The fourth-order valence-corrected chi connectivity index (χ4v) is 0.481. The first kappa shape index (κ1) is 6.19. The Kier molecular flexibility index (Phi) is 1.46. The van der Waals surface area contributed by atoms with Crippen LogP contribution >= 0.6 is 0 Å². The molecule has 0 aliphatic heterocycles. The summed E-state index contributed by atoms with van der Waals surface area (Å²) in [7, 11) is 1.45. The van der Waals surface area contributed by atoms with Crippen molar-refractivity contribution in [1.82, 2.24) is 9.55 Å². The molecule has 0 fully saturated rings. The van der Waals surface area contributed by atoms with Crippen LogP contribution in [0.4, 0.5) is 8.78 Å². The summed E-state index contributed by atoms with van der Waals surface area (Å²) in [6.07, 6.45) is 1.89. The maximum Gasteiger partial charge on any atom is 0.280 e. The minimum absolute atomic E-state index is 0.227. The molecule has 2 radical (unpaired) electrons. The largest absolute Gasteiger partial charge is 0.323 e. The van der Waals surface area contributed by atoms with Gasteiger partial charge in [0.15, 0.2) is 6.33 Å². The lowest BCUT2D eigenvalue weighted by molar-refractivity contribution is 0.142. The summed E-state index contributed by atoms with van der Waals surface area (Å²) in [5.74, 6) is 0. The Morgan fingerprint density at radius 2 is 2.33 bits per heavy atom. The summed E-state index contributed by atoms with van der Waals surface area (Å²) in [4.78, 5) is 3.28. The van der Waals surface area contributed by atoms with Gasteiger partial charge in [-0.2, -0.15) is 0 Å². The van der Waals surface area contributed by atoms with Gasteiger partial charge in [-0.1, -0.05) is 0 Å². The molecule has 4 heteroatoms. The van der Waals surface area contributed by atoms with Crippen LogP contribution in [0.3, 0.4) is 0 Å². The summed E-state index contributed by atoms with van der Waals surface area (Å²) in [6, 6.07) is 0. The van der Waals surface area contributed by atoms with E-state index in [0.29, 0.717) is 0 Å². The molecule has 9 heavy (non-hydrogen) atoms. The van der Waals surface area contributed by atoms with Gasteiger partial charge < -0.3 is 4.57 Å². The molecule has 0 N–H and O–H groups in total. The van der Waals surface area contributed by atoms with E-state index in [1.54, 1.807) is 0 Å². The number of alkyl halides is 2. The van der Waals surface area contributed by atoms with E-state index in [1.165, 1.54) is 7.05 Å². The van der Waals surface area contributed by atoms with Gasteiger partial charge in [-0.05, 0) is 0 Å². The normalized spacial score (nSPS) is 10.7. The molecule has 0 saturated heterocycles. The lowest BCUT2D eigenvalue weighted by Gasteiger charge is -1.95. The predicted molar refractivity (Wildman–Crippen MR) is 25.8 cm³/mol. The van der Waals surface area contributed by atoms with E-state index in [9.17, 15) is 8.78 Å². The van der Waals surface area contributed by atoms with Crippen LogP contribution in [-0.2, 0) is 7.05 Å². The minimum Gasteiger partial charge on any atom is -0.323 e. The van der Waals surface area contributed by atoms with Crippen molar-refractivity contribution in [2.45, 2.75) is 6.43 Å². The Bertz CT molecular complexity index is 195. The number of aromatic nitrogens is 2. The topological polar surface area (TPSA) is 17.8 Å². The monoisotopic (exact) mass is 130 g/mol. The maximum atomic E-state index is 11.7. The number of halogens is 2. The first-order valence-electron chi connectivity index (χ1n) is 2.32. The third-order valence-corrected chi connectivity index (χ3v) is 0.939. The zero-order valence-corrected chi connectivity index (χ0v) is 4.73. The van der Waals surface area contributed by atoms with E-state index < -0.39 is 6.43 Å². The number of hydrogen-bond acceptors (Lipinski definition) is 1. The first-order chi connectivity index (χ1) is 4.22. The van der Waals surface area contributed by atoms with E-state index >= 15 is 0 Å². The fraction of sp³-hybridized carbons (Fsp3) is 0.400. The van der Waals surface area contributed by atoms with Crippen LogP contribution in [0.1, 0.15) is 12.1 Å². The smallest absolute Gasteiger partial charge is 0.280 e. The Morgan fingerprint density at radius 1 is 1.67 bits per heavy atom. The van der Waals surface area contributed by atoms with Crippen molar-refractivity contribution in [1.29, 1.82) is 0 Å². The molecule has 2 nitrogen and oxygen atoms in total. The van der Waals surface area contributed by atoms with Gasteiger partial charge in [0, 0.05) is 7.05 Å². The Morgan fingerprint density at radius 3 is 2.56 bits per heavy atom. The predicted octanol–water partition coefficient (Wildman–Crippen LogP) is 0.958. The zero-order valence-electron chi connectivity index (χ0n) is 4.73. The van der Waals surface area contributed by atoms with Crippen molar-refractivity contribution in [3.05, 3.63) is 18.2 Å². The summed E-state index contributed by atoms with van der Waals surface area (Å²) in [5.41, 5.74) is -0.227. The molecule has 0 unspecified atom stereocenters.